The maximum absolute atomic E-state index is 12.4. The first kappa shape index (κ1) is 20.5. The Morgan fingerprint density at radius 2 is 2.03 bits per heavy atom. The summed E-state index contributed by atoms with van der Waals surface area (Å²) in [6.45, 7) is 1.79. The van der Waals surface area contributed by atoms with Gasteiger partial charge in [-0.1, -0.05) is 35.3 Å². The van der Waals surface area contributed by atoms with Crippen LogP contribution in [0.1, 0.15) is 28.3 Å². The molecule has 0 aliphatic carbocycles. The number of thiophene rings is 1. The Morgan fingerprint density at radius 1 is 1.23 bits per heavy atom. The number of aromatic hydroxyl groups is 1. The van der Waals surface area contributed by atoms with Gasteiger partial charge < -0.3 is 14.6 Å². The molecule has 4 rings (SSSR count). The van der Waals surface area contributed by atoms with Gasteiger partial charge in [-0.15, -0.1) is 11.3 Å². The zero-order valence-corrected chi connectivity index (χ0v) is 18.3. The summed E-state index contributed by atoms with van der Waals surface area (Å²) in [4.78, 5) is 17.0. The highest BCUT2D eigenvalue weighted by Gasteiger charge is 2.23. The van der Waals surface area contributed by atoms with E-state index in [-0.39, 0.29) is 10.8 Å². The molecule has 9 heteroatoms. The number of phenols is 1. The Labute approximate surface area is 186 Å². The predicted molar refractivity (Wildman–Crippen MR) is 117 cm³/mol. The standard InChI is InChI=1S/C21H16Cl2N2O4S/c1-11(13-4-3-5-16(26)19(13)23)29-17-9-18(30-20(17)21(27)28-2)25-10-24-14-8-12(22)6-7-15(14)25/h3-11,26H,1-2H3. The number of fused-ring (bicyclic) bond motifs is 1. The molecule has 0 fully saturated rings. The maximum atomic E-state index is 12.4. The monoisotopic (exact) mass is 462 g/mol. The van der Waals surface area contributed by atoms with E-state index in [1.807, 2.05) is 10.6 Å². The van der Waals surface area contributed by atoms with Crippen molar-refractivity contribution in [1.29, 1.82) is 0 Å². The Balaban J connectivity index is 1.75. The number of carbonyl (C=O) groups is 1. The third-order valence-electron chi connectivity index (χ3n) is 4.55. The molecular formula is C21H16Cl2N2O4S. The van der Waals surface area contributed by atoms with Gasteiger partial charge in [-0.05, 0) is 31.2 Å². The van der Waals surface area contributed by atoms with Crippen molar-refractivity contribution in [3.63, 3.8) is 0 Å². The van der Waals surface area contributed by atoms with Crippen molar-refractivity contribution in [2.45, 2.75) is 13.0 Å². The average molecular weight is 463 g/mol. The zero-order valence-electron chi connectivity index (χ0n) is 15.9. The molecule has 0 aliphatic rings. The molecule has 6 nitrogen and oxygen atoms in total. The molecule has 0 saturated heterocycles. The fourth-order valence-electron chi connectivity index (χ4n) is 3.07. The summed E-state index contributed by atoms with van der Waals surface area (Å²) in [7, 11) is 1.32. The summed E-state index contributed by atoms with van der Waals surface area (Å²) >= 11 is 13.5. The minimum Gasteiger partial charge on any atom is -0.506 e. The third kappa shape index (κ3) is 3.71. The molecule has 1 atom stereocenters. The van der Waals surface area contributed by atoms with Gasteiger partial charge in [0.25, 0.3) is 0 Å². The molecule has 1 N–H and O–H groups in total. The number of carbonyl (C=O) groups excluding carboxylic acids is 1. The lowest BCUT2D eigenvalue weighted by Gasteiger charge is -2.16. The van der Waals surface area contributed by atoms with Gasteiger partial charge in [-0.3, -0.25) is 4.57 Å². The van der Waals surface area contributed by atoms with Crippen molar-refractivity contribution in [3.8, 4) is 16.5 Å². The third-order valence-corrected chi connectivity index (χ3v) is 6.30. The molecule has 2 heterocycles. The van der Waals surface area contributed by atoms with E-state index in [2.05, 4.69) is 4.98 Å². The van der Waals surface area contributed by atoms with E-state index in [1.165, 1.54) is 24.5 Å². The zero-order chi connectivity index (χ0) is 21.4. The summed E-state index contributed by atoms with van der Waals surface area (Å²) in [5.74, 6) is -0.195. The van der Waals surface area contributed by atoms with Gasteiger partial charge in [0, 0.05) is 16.7 Å². The fourth-order valence-corrected chi connectivity index (χ4v) is 4.51. The molecule has 4 aromatic rings. The molecule has 0 spiro atoms. The first-order chi connectivity index (χ1) is 14.4. The molecule has 0 saturated carbocycles. The number of hydrogen-bond donors (Lipinski definition) is 1. The van der Waals surface area contributed by atoms with Crippen molar-refractivity contribution >= 4 is 51.5 Å². The van der Waals surface area contributed by atoms with Crippen LogP contribution < -0.4 is 4.74 Å². The Bertz CT molecular complexity index is 1250. The second kappa shape index (κ2) is 8.18. The van der Waals surface area contributed by atoms with Crippen LogP contribution in [0, 0.1) is 0 Å². The van der Waals surface area contributed by atoms with E-state index in [1.54, 1.807) is 43.6 Å². The van der Waals surface area contributed by atoms with Gasteiger partial charge in [0.05, 0.1) is 23.2 Å². The van der Waals surface area contributed by atoms with Gasteiger partial charge in [-0.2, -0.15) is 0 Å². The number of ether oxygens (including phenoxy) is 2. The Kier molecular flexibility index (Phi) is 5.60. The fraction of sp³-hybridized carbons (Fsp3) is 0.143. The van der Waals surface area contributed by atoms with E-state index in [0.29, 0.717) is 21.2 Å². The molecule has 0 aliphatic heterocycles. The second-order valence-electron chi connectivity index (χ2n) is 6.46. The molecule has 154 valence electrons. The maximum Gasteiger partial charge on any atom is 0.351 e. The minimum atomic E-state index is -0.520. The predicted octanol–water partition coefficient (Wildman–Crippen LogP) is 6.03. The summed E-state index contributed by atoms with van der Waals surface area (Å²) in [6, 6.07) is 12.1. The molecular weight excluding hydrogens is 447 g/mol. The number of esters is 1. The molecule has 0 radical (unpaired) electrons. The molecule has 30 heavy (non-hydrogen) atoms. The smallest absolute Gasteiger partial charge is 0.351 e. The number of phenolic OH excluding ortho intramolecular Hbond substituents is 1. The van der Waals surface area contributed by atoms with E-state index in [0.717, 1.165) is 16.0 Å². The summed E-state index contributed by atoms with van der Waals surface area (Å²) < 4.78 is 12.8. The topological polar surface area (TPSA) is 73.6 Å². The van der Waals surface area contributed by atoms with Gasteiger partial charge in [0.2, 0.25) is 0 Å². The van der Waals surface area contributed by atoms with Crippen LogP contribution in [0.5, 0.6) is 11.5 Å². The van der Waals surface area contributed by atoms with E-state index in [4.69, 9.17) is 32.7 Å². The number of benzene rings is 2. The van der Waals surface area contributed by atoms with Crippen molar-refractivity contribution in [3.05, 3.63) is 69.3 Å². The number of rotatable bonds is 5. The molecule has 2 aromatic heterocycles. The highest BCUT2D eigenvalue weighted by atomic mass is 35.5. The summed E-state index contributed by atoms with van der Waals surface area (Å²) in [5.41, 5.74) is 2.17. The van der Waals surface area contributed by atoms with Crippen LogP contribution in [0.4, 0.5) is 0 Å². The van der Waals surface area contributed by atoms with Crippen molar-refractivity contribution in [2.24, 2.45) is 0 Å². The largest absolute Gasteiger partial charge is 0.506 e. The van der Waals surface area contributed by atoms with Crippen LogP contribution in [-0.4, -0.2) is 27.7 Å². The molecule has 1 unspecified atom stereocenters. The minimum absolute atomic E-state index is 0.0349. The van der Waals surface area contributed by atoms with Crippen molar-refractivity contribution < 1.29 is 19.4 Å². The average Bonchev–Trinajstić information content (AvgIpc) is 3.32. The first-order valence-corrected chi connectivity index (χ1v) is 10.5. The summed E-state index contributed by atoms with van der Waals surface area (Å²) in [5, 5.41) is 11.4. The second-order valence-corrected chi connectivity index (χ2v) is 8.30. The molecule has 0 bridgehead atoms. The number of aromatic nitrogens is 2. The van der Waals surface area contributed by atoms with Gasteiger partial charge in [0.15, 0.2) is 4.88 Å². The normalized spacial score (nSPS) is 12.1. The lowest BCUT2D eigenvalue weighted by molar-refractivity contribution is 0.0600. The first-order valence-electron chi connectivity index (χ1n) is 8.88. The van der Waals surface area contributed by atoms with Crippen LogP contribution in [0.2, 0.25) is 10.0 Å². The highest BCUT2D eigenvalue weighted by Crippen LogP contribution is 2.39. The summed E-state index contributed by atoms with van der Waals surface area (Å²) in [6.07, 6.45) is 1.14. The number of imidazole rings is 1. The highest BCUT2D eigenvalue weighted by molar-refractivity contribution is 7.16. The number of nitrogens with zero attached hydrogens (tertiary/aromatic N) is 2. The van der Waals surface area contributed by atoms with Crippen LogP contribution in [0.25, 0.3) is 16.0 Å². The number of methoxy groups -OCH3 is 1. The van der Waals surface area contributed by atoms with Crippen molar-refractivity contribution in [2.75, 3.05) is 7.11 Å². The van der Waals surface area contributed by atoms with Crippen LogP contribution in [0.3, 0.4) is 0 Å². The lowest BCUT2D eigenvalue weighted by Crippen LogP contribution is -2.07. The SMILES string of the molecule is COC(=O)c1sc(-n2cnc3cc(Cl)ccc32)cc1OC(C)c1cccc(O)c1Cl. The number of hydrogen-bond acceptors (Lipinski definition) is 6. The Morgan fingerprint density at radius 3 is 2.80 bits per heavy atom. The lowest BCUT2D eigenvalue weighted by atomic mass is 10.1. The Hall–Kier alpha value is -2.74. The van der Waals surface area contributed by atoms with E-state index >= 15 is 0 Å². The molecule has 0 amide bonds. The van der Waals surface area contributed by atoms with Gasteiger partial charge in [0.1, 0.15) is 28.9 Å². The van der Waals surface area contributed by atoms with Gasteiger partial charge in [-0.25, -0.2) is 9.78 Å². The van der Waals surface area contributed by atoms with E-state index < -0.39 is 12.1 Å². The van der Waals surface area contributed by atoms with Crippen molar-refractivity contribution in [1.82, 2.24) is 9.55 Å². The van der Waals surface area contributed by atoms with Crippen LogP contribution in [0.15, 0.2) is 48.8 Å². The van der Waals surface area contributed by atoms with Crippen LogP contribution in [-0.2, 0) is 4.74 Å². The quantitative estimate of drug-likeness (QED) is 0.366. The number of halogens is 2. The van der Waals surface area contributed by atoms with E-state index in [9.17, 15) is 9.90 Å². The van der Waals surface area contributed by atoms with Gasteiger partial charge >= 0.3 is 5.97 Å². The molecule has 2 aromatic carbocycles. The van der Waals surface area contributed by atoms with Crippen LogP contribution >= 0.6 is 34.5 Å².